The van der Waals surface area contributed by atoms with Gasteiger partial charge in [0, 0.05) is 31.5 Å². The number of rotatable bonds is 2. The van der Waals surface area contributed by atoms with Crippen molar-refractivity contribution in [2.24, 2.45) is 0 Å². The second kappa shape index (κ2) is 5.64. The predicted molar refractivity (Wildman–Crippen MR) is 76.6 cm³/mol. The Morgan fingerprint density at radius 3 is 2.75 bits per heavy atom. The molecule has 1 aliphatic heterocycles. The second-order valence-corrected chi connectivity index (χ2v) is 6.05. The number of amides is 1. The lowest BCUT2D eigenvalue weighted by Crippen LogP contribution is -2.36. The Bertz CT molecular complexity index is 484. The second-order valence-electron chi connectivity index (χ2n) is 6.05. The van der Waals surface area contributed by atoms with E-state index in [1.165, 1.54) is 0 Å². The molecule has 1 atom stereocenters. The summed E-state index contributed by atoms with van der Waals surface area (Å²) in [7, 11) is 0. The minimum Gasteiger partial charge on any atom is -0.444 e. The Balaban J connectivity index is 1.90. The van der Waals surface area contributed by atoms with E-state index in [0.29, 0.717) is 13.1 Å². The minimum absolute atomic E-state index is 0.193. The smallest absolute Gasteiger partial charge is 0.410 e. The van der Waals surface area contributed by atoms with E-state index in [4.69, 9.17) is 4.74 Å². The third kappa shape index (κ3) is 3.82. The number of ether oxygens (including phenoxy) is 1. The third-order valence-corrected chi connectivity index (χ3v) is 3.06. The molecule has 1 amide bonds. The van der Waals surface area contributed by atoms with E-state index in [1.54, 1.807) is 17.3 Å². The van der Waals surface area contributed by atoms with Crippen LogP contribution in [0.1, 0.15) is 32.9 Å². The Labute approximate surface area is 119 Å². The zero-order valence-corrected chi connectivity index (χ0v) is 12.5. The van der Waals surface area contributed by atoms with Crippen molar-refractivity contribution in [3.05, 3.63) is 18.1 Å². The summed E-state index contributed by atoms with van der Waals surface area (Å²) in [6.45, 7) is 8.87. The van der Waals surface area contributed by atoms with E-state index in [-0.39, 0.29) is 12.1 Å². The molecular formula is C14H22N4O2. The van der Waals surface area contributed by atoms with Crippen molar-refractivity contribution < 1.29 is 9.53 Å². The summed E-state index contributed by atoms with van der Waals surface area (Å²) in [4.78, 5) is 22.2. The van der Waals surface area contributed by atoms with E-state index in [9.17, 15) is 4.79 Å². The number of carbonyl (C=O) groups is 1. The molecule has 6 heteroatoms. The molecule has 0 aliphatic carbocycles. The van der Waals surface area contributed by atoms with Crippen LogP contribution in [0.15, 0.2) is 12.4 Å². The van der Waals surface area contributed by atoms with E-state index in [2.05, 4.69) is 15.3 Å². The number of nitrogens with one attached hydrogen (secondary N) is 1. The lowest BCUT2D eigenvalue weighted by molar-refractivity contribution is 0.0293. The number of carbonyl (C=O) groups excluding carboxylic acids is 1. The van der Waals surface area contributed by atoms with Gasteiger partial charge in [-0.15, -0.1) is 0 Å². The first-order valence-electron chi connectivity index (χ1n) is 6.87. The Morgan fingerprint density at radius 2 is 2.10 bits per heavy atom. The highest BCUT2D eigenvalue weighted by Gasteiger charge is 2.30. The first-order chi connectivity index (χ1) is 9.35. The largest absolute Gasteiger partial charge is 0.444 e. The van der Waals surface area contributed by atoms with Crippen LogP contribution in [0.4, 0.5) is 10.6 Å². The Kier molecular flexibility index (Phi) is 4.11. The van der Waals surface area contributed by atoms with Crippen molar-refractivity contribution >= 4 is 11.9 Å². The van der Waals surface area contributed by atoms with Crippen LogP contribution in [0.5, 0.6) is 0 Å². The highest BCUT2D eigenvalue weighted by molar-refractivity contribution is 5.68. The van der Waals surface area contributed by atoms with Crippen LogP contribution in [0.25, 0.3) is 0 Å². The normalized spacial score (nSPS) is 19.0. The van der Waals surface area contributed by atoms with Crippen molar-refractivity contribution in [1.29, 1.82) is 0 Å². The lowest BCUT2D eigenvalue weighted by atomic mass is 10.2. The highest BCUT2D eigenvalue weighted by atomic mass is 16.6. The van der Waals surface area contributed by atoms with Crippen molar-refractivity contribution in [3.63, 3.8) is 0 Å². The zero-order valence-electron chi connectivity index (χ0n) is 12.5. The van der Waals surface area contributed by atoms with Gasteiger partial charge >= 0.3 is 6.09 Å². The molecule has 0 bridgehead atoms. The van der Waals surface area contributed by atoms with E-state index in [0.717, 1.165) is 17.9 Å². The molecule has 0 aromatic carbocycles. The summed E-state index contributed by atoms with van der Waals surface area (Å²) in [6.07, 6.45) is 3.96. The molecule has 0 radical (unpaired) electrons. The van der Waals surface area contributed by atoms with Crippen LogP contribution >= 0.6 is 0 Å². The van der Waals surface area contributed by atoms with Gasteiger partial charge in [-0.25, -0.2) is 9.78 Å². The molecule has 1 fully saturated rings. The fourth-order valence-electron chi connectivity index (χ4n) is 2.11. The molecule has 0 saturated carbocycles. The number of hydrogen-bond acceptors (Lipinski definition) is 5. The molecule has 6 nitrogen and oxygen atoms in total. The first-order valence-corrected chi connectivity index (χ1v) is 6.87. The number of likely N-dealkylation sites (tertiary alicyclic amines) is 1. The Morgan fingerprint density at radius 1 is 1.40 bits per heavy atom. The van der Waals surface area contributed by atoms with Gasteiger partial charge in [-0.1, -0.05) is 0 Å². The van der Waals surface area contributed by atoms with Gasteiger partial charge in [0.15, 0.2) is 0 Å². The van der Waals surface area contributed by atoms with Crippen molar-refractivity contribution in [2.75, 3.05) is 18.4 Å². The quantitative estimate of drug-likeness (QED) is 0.898. The zero-order chi connectivity index (χ0) is 14.8. The van der Waals surface area contributed by atoms with Gasteiger partial charge in [-0.2, -0.15) is 0 Å². The maximum atomic E-state index is 12.0. The molecule has 110 valence electrons. The summed E-state index contributed by atoms with van der Waals surface area (Å²) in [6, 6.07) is 0.193. The van der Waals surface area contributed by atoms with Crippen LogP contribution in [-0.2, 0) is 4.74 Å². The molecular weight excluding hydrogens is 256 g/mol. The minimum atomic E-state index is -0.454. The molecule has 1 unspecified atom stereocenters. The van der Waals surface area contributed by atoms with Gasteiger partial charge in [0.05, 0.1) is 5.69 Å². The van der Waals surface area contributed by atoms with Crippen LogP contribution in [0, 0.1) is 6.92 Å². The molecule has 1 aliphatic rings. The molecule has 20 heavy (non-hydrogen) atoms. The molecule has 1 N–H and O–H groups in total. The number of aromatic nitrogens is 2. The maximum Gasteiger partial charge on any atom is 0.410 e. The van der Waals surface area contributed by atoms with Gasteiger partial charge in [0.25, 0.3) is 0 Å². The van der Waals surface area contributed by atoms with Crippen LogP contribution in [0.3, 0.4) is 0 Å². The van der Waals surface area contributed by atoms with Crippen LogP contribution in [-0.4, -0.2) is 45.7 Å². The first kappa shape index (κ1) is 14.6. The van der Waals surface area contributed by atoms with Crippen molar-refractivity contribution in [2.45, 2.75) is 45.8 Å². The maximum absolute atomic E-state index is 12.0. The van der Waals surface area contributed by atoms with E-state index >= 15 is 0 Å². The predicted octanol–water partition coefficient (Wildman–Crippen LogP) is 2.21. The summed E-state index contributed by atoms with van der Waals surface area (Å²) < 4.78 is 5.38. The van der Waals surface area contributed by atoms with Gasteiger partial charge in [-0.05, 0) is 34.1 Å². The van der Waals surface area contributed by atoms with Gasteiger partial charge in [-0.3, -0.25) is 4.98 Å². The van der Waals surface area contributed by atoms with Crippen LogP contribution in [0.2, 0.25) is 0 Å². The summed E-state index contributed by atoms with van der Waals surface area (Å²) in [5, 5.41) is 3.33. The standard InChI is InChI=1S/C14H22N4O2/c1-10-12(16-7-6-15-10)17-11-5-8-18(9-11)13(19)20-14(2,3)4/h6-7,11H,5,8-9H2,1-4H3,(H,16,17). The van der Waals surface area contributed by atoms with E-state index in [1.807, 2.05) is 27.7 Å². The van der Waals surface area contributed by atoms with Gasteiger partial charge in [0.2, 0.25) is 0 Å². The fourth-order valence-corrected chi connectivity index (χ4v) is 2.11. The SMILES string of the molecule is Cc1nccnc1NC1CCN(C(=O)OC(C)(C)C)C1. The summed E-state index contributed by atoms with van der Waals surface area (Å²) in [5.74, 6) is 0.781. The molecule has 1 aromatic rings. The van der Waals surface area contributed by atoms with Crippen LogP contribution < -0.4 is 5.32 Å². The summed E-state index contributed by atoms with van der Waals surface area (Å²) >= 11 is 0. The van der Waals surface area contributed by atoms with E-state index < -0.39 is 5.60 Å². The molecule has 2 rings (SSSR count). The average molecular weight is 278 g/mol. The molecule has 1 saturated heterocycles. The average Bonchev–Trinajstić information content (AvgIpc) is 2.79. The summed E-state index contributed by atoms with van der Waals surface area (Å²) in [5.41, 5.74) is 0.410. The fraction of sp³-hybridized carbons (Fsp3) is 0.643. The monoisotopic (exact) mass is 278 g/mol. The molecule has 2 heterocycles. The number of aryl methyl sites for hydroxylation is 1. The topological polar surface area (TPSA) is 67.4 Å². The molecule has 0 spiro atoms. The number of anilines is 1. The Hall–Kier alpha value is -1.85. The number of nitrogens with zero attached hydrogens (tertiary/aromatic N) is 3. The van der Waals surface area contributed by atoms with Gasteiger partial charge in [0.1, 0.15) is 11.4 Å². The molecule has 1 aromatic heterocycles. The third-order valence-electron chi connectivity index (χ3n) is 3.06. The lowest BCUT2D eigenvalue weighted by Gasteiger charge is -2.24. The van der Waals surface area contributed by atoms with Crippen molar-refractivity contribution in [3.8, 4) is 0 Å². The van der Waals surface area contributed by atoms with Gasteiger partial charge < -0.3 is 15.0 Å². The van der Waals surface area contributed by atoms with Crippen molar-refractivity contribution in [1.82, 2.24) is 14.9 Å². The highest BCUT2D eigenvalue weighted by Crippen LogP contribution is 2.18. The number of hydrogen-bond donors (Lipinski definition) is 1.